The Morgan fingerprint density at radius 1 is 0.558 bits per heavy atom. The van der Waals surface area contributed by atoms with Crippen molar-refractivity contribution in [3.05, 3.63) is 69.8 Å². The summed E-state index contributed by atoms with van der Waals surface area (Å²) in [6.45, 7) is 9.82. The maximum atomic E-state index is 14.6. The van der Waals surface area contributed by atoms with Crippen LogP contribution in [0.1, 0.15) is 167 Å². The van der Waals surface area contributed by atoms with Gasteiger partial charge in [0.2, 0.25) is 11.6 Å². The number of allylic oxidation sites excluding steroid dienone is 2. The Hall–Kier alpha value is -2.58. The van der Waals surface area contributed by atoms with E-state index in [2.05, 4.69) is 13.8 Å². The van der Waals surface area contributed by atoms with E-state index in [1.807, 2.05) is 0 Å². The molecule has 4 nitrogen and oxygen atoms in total. The smallest absolute Gasteiger partial charge is 0.200 e. The van der Waals surface area contributed by atoms with Crippen LogP contribution in [0.3, 0.4) is 0 Å². The molecular formula is C44H64F4O4. The molecule has 0 aliphatic carbocycles. The molecule has 4 rings (SSSR count). The second-order valence-electron chi connectivity index (χ2n) is 15.2. The van der Waals surface area contributed by atoms with Crippen LogP contribution >= 0.6 is 0 Å². The Morgan fingerprint density at radius 3 is 1.33 bits per heavy atom. The highest BCUT2D eigenvalue weighted by Crippen LogP contribution is 2.38. The van der Waals surface area contributed by atoms with Gasteiger partial charge in [0.25, 0.3) is 0 Å². The maximum Gasteiger partial charge on any atom is 0.200 e. The lowest BCUT2D eigenvalue weighted by Crippen LogP contribution is -2.21. The zero-order valence-corrected chi connectivity index (χ0v) is 32.3. The first-order valence-corrected chi connectivity index (χ1v) is 20.3. The molecule has 2 fully saturated rings. The third-order valence-electron chi connectivity index (χ3n) is 11.1. The average Bonchev–Trinajstić information content (AvgIpc) is 3.14. The first kappa shape index (κ1) is 42.2. The van der Waals surface area contributed by atoms with E-state index >= 15 is 0 Å². The molecule has 2 saturated heterocycles. The van der Waals surface area contributed by atoms with Crippen molar-refractivity contribution in [1.82, 2.24) is 0 Å². The fourth-order valence-corrected chi connectivity index (χ4v) is 7.91. The molecule has 0 amide bonds. The highest BCUT2D eigenvalue weighted by atomic mass is 19.2. The SMILES string of the molecule is CCOc1ccc(C2CCC(CCCCCCCC(CCCCCCCC3CCC(c4ccc(OCC)c(F)c4F)OC3)=C(C)C)CO2)c(F)c1F. The quantitative estimate of drug-likeness (QED) is 0.0686. The predicted octanol–water partition coefficient (Wildman–Crippen LogP) is 13.5. The monoisotopic (exact) mass is 732 g/mol. The van der Waals surface area contributed by atoms with Crippen LogP contribution in [-0.2, 0) is 9.47 Å². The topological polar surface area (TPSA) is 36.9 Å². The lowest BCUT2D eigenvalue weighted by molar-refractivity contribution is -0.0220. The summed E-state index contributed by atoms with van der Waals surface area (Å²) in [5.74, 6) is -2.63. The van der Waals surface area contributed by atoms with Gasteiger partial charge in [-0.25, -0.2) is 8.78 Å². The van der Waals surface area contributed by atoms with Gasteiger partial charge in [-0.15, -0.1) is 0 Å². The van der Waals surface area contributed by atoms with E-state index in [9.17, 15) is 17.6 Å². The molecule has 2 aliphatic rings. The lowest BCUT2D eigenvalue weighted by Gasteiger charge is -2.29. The molecule has 0 radical (unpaired) electrons. The van der Waals surface area contributed by atoms with Gasteiger partial charge in [0, 0.05) is 11.1 Å². The second kappa shape index (κ2) is 22.6. The number of hydrogen-bond donors (Lipinski definition) is 0. The Morgan fingerprint density at radius 2 is 0.962 bits per heavy atom. The van der Waals surface area contributed by atoms with Crippen molar-refractivity contribution in [3.63, 3.8) is 0 Å². The number of benzene rings is 2. The van der Waals surface area contributed by atoms with Crippen LogP contribution in [0, 0.1) is 35.1 Å². The predicted molar refractivity (Wildman–Crippen MR) is 201 cm³/mol. The van der Waals surface area contributed by atoms with Crippen molar-refractivity contribution < 1.29 is 36.5 Å². The standard InChI is InChI=1S/C44H64F4O4/c1-5-49-39-27-23-35(41(45)43(39)47)37-25-21-32(29-51-37)17-13-9-7-11-15-19-34(31(3)4)20-16-12-8-10-14-18-33-22-26-38(52-30-33)36-24-28-40(50-6-2)44(48)42(36)46/h23-24,27-28,32-33,37-38H,5-22,25-26,29-30H2,1-4H3. The van der Waals surface area contributed by atoms with Crippen LogP contribution in [0.5, 0.6) is 11.5 Å². The Bertz CT molecular complexity index is 1280. The molecule has 52 heavy (non-hydrogen) atoms. The summed E-state index contributed by atoms with van der Waals surface area (Å²) in [6, 6.07) is 6.21. The number of unbranched alkanes of at least 4 members (excludes halogenated alkanes) is 8. The fourth-order valence-electron chi connectivity index (χ4n) is 7.91. The zero-order chi connectivity index (χ0) is 37.3. The molecule has 2 aliphatic heterocycles. The average molecular weight is 733 g/mol. The molecular weight excluding hydrogens is 668 g/mol. The summed E-state index contributed by atoms with van der Waals surface area (Å²) >= 11 is 0. The fraction of sp³-hybridized carbons (Fsp3) is 0.682. The second-order valence-corrected chi connectivity index (χ2v) is 15.2. The van der Waals surface area contributed by atoms with E-state index in [4.69, 9.17) is 18.9 Å². The molecule has 0 N–H and O–H groups in total. The summed E-state index contributed by atoms with van der Waals surface area (Å²) in [6.07, 6.45) is 19.7. The molecule has 4 atom stereocenters. The number of ether oxygens (including phenoxy) is 4. The van der Waals surface area contributed by atoms with Gasteiger partial charge >= 0.3 is 0 Å². The van der Waals surface area contributed by atoms with Crippen molar-refractivity contribution in [1.29, 1.82) is 0 Å². The van der Waals surface area contributed by atoms with Gasteiger partial charge in [-0.2, -0.15) is 8.78 Å². The summed E-state index contributed by atoms with van der Waals surface area (Å²) in [5.41, 5.74) is 3.71. The van der Waals surface area contributed by atoms with Gasteiger partial charge in [0.1, 0.15) is 0 Å². The summed E-state index contributed by atoms with van der Waals surface area (Å²) < 4.78 is 80.2. The molecule has 4 unspecified atom stereocenters. The highest BCUT2D eigenvalue weighted by molar-refractivity contribution is 5.33. The summed E-state index contributed by atoms with van der Waals surface area (Å²) in [5, 5.41) is 0. The molecule has 2 heterocycles. The van der Waals surface area contributed by atoms with Gasteiger partial charge in [0.15, 0.2) is 23.1 Å². The van der Waals surface area contributed by atoms with Crippen molar-refractivity contribution in [2.24, 2.45) is 11.8 Å². The first-order chi connectivity index (χ1) is 25.2. The normalized spacial score (nSPS) is 20.5. The van der Waals surface area contributed by atoms with Gasteiger partial charge in [0.05, 0.1) is 38.6 Å². The van der Waals surface area contributed by atoms with Crippen molar-refractivity contribution >= 4 is 0 Å². The molecule has 0 spiro atoms. The molecule has 8 heteroatoms. The molecule has 0 saturated carbocycles. The van der Waals surface area contributed by atoms with Crippen LogP contribution in [0.4, 0.5) is 17.6 Å². The third kappa shape index (κ3) is 12.8. The van der Waals surface area contributed by atoms with E-state index in [1.54, 1.807) is 31.6 Å². The minimum absolute atomic E-state index is 0.0423. The Labute approximate surface area is 311 Å². The molecule has 2 aromatic rings. The first-order valence-electron chi connectivity index (χ1n) is 20.3. The molecule has 0 bridgehead atoms. The molecule has 292 valence electrons. The third-order valence-corrected chi connectivity index (χ3v) is 11.1. The maximum absolute atomic E-state index is 14.6. The minimum Gasteiger partial charge on any atom is -0.491 e. The van der Waals surface area contributed by atoms with Gasteiger partial charge in [-0.05, 0) is 128 Å². The van der Waals surface area contributed by atoms with Crippen LogP contribution in [0.15, 0.2) is 35.4 Å². The van der Waals surface area contributed by atoms with Gasteiger partial charge in [-0.3, -0.25) is 0 Å². The molecule has 0 aromatic heterocycles. The van der Waals surface area contributed by atoms with Crippen LogP contribution in [0.2, 0.25) is 0 Å². The van der Waals surface area contributed by atoms with E-state index in [1.165, 1.54) is 94.8 Å². The van der Waals surface area contributed by atoms with Crippen molar-refractivity contribution in [2.45, 2.75) is 155 Å². The Balaban J connectivity index is 0.985. The van der Waals surface area contributed by atoms with Gasteiger partial charge in [-0.1, -0.05) is 62.5 Å². The number of rotatable bonds is 22. The summed E-state index contributed by atoms with van der Waals surface area (Å²) in [4.78, 5) is 0. The largest absolute Gasteiger partial charge is 0.491 e. The minimum atomic E-state index is -0.921. The number of halogens is 4. The highest BCUT2D eigenvalue weighted by Gasteiger charge is 2.28. The number of hydrogen-bond acceptors (Lipinski definition) is 4. The van der Waals surface area contributed by atoms with E-state index in [-0.39, 0.29) is 23.7 Å². The van der Waals surface area contributed by atoms with Gasteiger partial charge < -0.3 is 18.9 Å². The van der Waals surface area contributed by atoms with E-state index in [0.29, 0.717) is 49.4 Å². The van der Waals surface area contributed by atoms with Crippen molar-refractivity contribution in [2.75, 3.05) is 26.4 Å². The van der Waals surface area contributed by atoms with E-state index in [0.717, 1.165) is 38.5 Å². The van der Waals surface area contributed by atoms with Crippen molar-refractivity contribution in [3.8, 4) is 11.5 Å². The van der Waals surface area contributed by atoms with Crippen LogP contribution < -0.4 is 9.47 Å². The van der Waals surface area contributed by atoms with Crippen LogP contribution in [-0.4, -0.2) is 26.4 Å². The van der Waals surface area contributed by atoms with E-state index < -0.39 is 23.3 Å². The summed E-state index contributed by atoms with van der Waals surface area (Å²) in [7, 11) is 0. The molecule has 2 aromatic carbocycles. The lowest BCUT2D eigenvalue weighted by atomic mass is 9.90. The zero-order valence-electron chi connectivity index (χ0n) is 32.3. The van der Waals surface area contributed by atoms with Crippen LogP contribution in [0.25, 0.3) is 0 Å². The Kier molecular flexibility index (Phi) is 18.3.